The first-order chi connectivity index (χ1) is 8.13. The maximum Gasteiger partial charge on any atom is 0.231 e. The Hall–Kier alpha value is -0.940. The van der Waals surface area contributed by atoms with Crippen LogP contribution in [-0.2, 0) is 4.74 Å². The van der Waals surface area contributed by atoms with Crippen LogP contribution in [0, 0.1) is 5.92 Å². The molecule has 0 bridgehead atoms. The summed E-state index contributed by atoms with van der Waals surface area (Å²) in [6, 6.07) is 0.156. The van der Waals surface area contributed by atoms with Gasteiger partial charge < -0.3 is 15.0 Å². The van der Waals surface area contributed by atoms with E-state index in [1.165, 1.54) is 0 Å². The Morgan fingerprint density at radius 3 is 2.71 bits per heavy atom. The van der Waals surface area contributed by atoms with E-state index in [4.69, 9.17) is 15.0 Å². The molecule has 0 radical (unpaired) electrons. The second-order valence-corrected chi connectivity index (χ2v) is 5.09. The molecule has 1 aromatic rings. The fourth-order valence-electron chi connectivity index (χ4n) is 2.48. The van der Waals surface area contributed by atoms with Crippen molar-refractivity contribution in [1.29, 1.82) is 0 Å². The second kappa shape index (κ2) is 5.14. The normalized spacial score (nSPS) is 26.6. The first kappa shape index (κ1) is 12.5. The molecule has 0 amide bonds. The number of methoxy groups -OCH3 is 1. The summed E-state index contributed by atoms with van der Waals surface area (Å²) in [6.07, 6.45) is 3.12. The number of aromatic nitrogens is 2. The van der Waals surface area contributed by atoms with Gasteiger partial charge in [0, 0.05) is 13.2 Å². The highest BCUT2D eigenvalue weighted by Gasteiger charge is 2.31. The van der Waals surface area contributed by atoms with Crippen molar-refractivity contribution in [3.8, 4) is 0 Å². The van der Waals surface area contributed by atoms with Crippen molar-refractivity contribution in [3.05, 3.63) is 11.7 Å². The molecule has 2 N–H and O–H groups in total. The number of hydrogen-bond acceptors (Lipinski definition) is 5. The van der Waals surface area contributed by atoms with Gasteiger partial charge in [-0.1, -0.05) is 25.4 Å². The second-order valence-electron chi connectivity index (χ2n) is 5.09. The smallest absolute Gasteiger partial charge is 0.231 e. The van der Waals surface area contributed by atoms with E-state index in [9.17, 15) is 0 Å². The molecular weight excluding hydrogens is 218 g/mol. The molecule has 0 aromatic carbocycles. The van der Waals surface area contributed by atoms with E-state index >= 15 is 0 Å². The Morgan fingerprint density at radius 2 is 2.18 bits per heavy atom. The van der Waals surface area contributed by atoms with Gasteiger partial charge >= 0.3 is 0 Å². The van der Waals surface area contributed by atoms with Gasteiger partial charge in [-0.05, 0) is 18.8 Å². The summed E-state index contributed by atoms with van der Waals surface area (Å²) in [5, 5.41) is 4.02. The van der Waals surface area contributed by atoms with Crippen LogP contribution in [-0.4, -0.2) is 23.3 Å². The molecule has 2 rings (SSSR count). The van der Waals surface area contributed by atoms with Crippen LogP contribution in [0.4, 0.5) is 0 Å². The first-order valence-corrected chi connectivity index (χ1v) is 6.25. The number of hydrogen-bond donors (Lipinski definition) is 1. The van der Waals surface area contributed by atoms with Gasteiger partial charge in [-0.25, -0.2) is 0 Å². The van der Waals surface area contributed by atoms with Crippen LogP contribution in [0.3, 0.4) is 0 Å². The van der Waals surface area contributed by atoms with E-state index in [1.54, 1.807) is 7.11 Å². The molecule has 1 saturated carbocycles. The third kappa shape index (κ3) is 2.50. The summed E-state index contributed by atoms with van der Waals surface area (Å²) in [7, 11) is 1.67. The van der Waals surface area contributed by atoms with Gasteiger partial charge in [0.1, 0.15) is 6.10 Å². The zero-order chi connectivity index (χ0) is 12.4. The van der Waals surface area contributed by atoms with Gasteiger partial charge in [0.05, 0.1) is 5.92 Å². The highest BCUT2D eigenvalue weighted by Crippen LogP contribution is 2.33. The van der Waals surface area contributed by atoms with E-state index in [2.05, 4.69) is 24.0 Å². The predicted molar refractivity (Wildman–Crippen MR) is 63.5 cm³/mol. The molecule has 3 unspecified atom stereocenters. The zero-order valence-corrected chi connectivity index (χ0v) is 10.7. The Bertz CT molecular complexity index is 348. The van der Waals surface area contributed by atoms with Crippen molar-refractivity contribution in [1.82, 2.24) is 10.1 Å². The SMILES string of the molecule is COC(c1noc(C2CCCC2N)n1)C(C)C. The van der Waals surface area contributed by atoms with Crippen molar-refractivity contribution >= 4 is 0 Å². The van der Waals surface area contributed by atoms with Crippen molar-refractivity contribution in [3.63, 3.8) is 0 Å². The minimum absolute atomic E-state index is 0.106. The molecule has 1 heterocycles. The number of nitrogens with zero attached hydrogens (tertiary/aromatic N) is 2. The highest BCUT2D eigenvalue weighted by molar-refractivity contribution is 5.03. The third-order valence-corrected chi connectivity index (χ3v) is 3.46. The van der Waals surface area contributed by atoms with Crippen molar-refractivity contribution in [2.24, 2.45) is 11.7 Å². The highest BCUT2D eigenvalue weighted by atomic mass is 16.5. The van der Waals surface area contributed by atoms with E-state index in [-0.39, 0.29) is 18.1 Å². The Balaban J connectivity index is 2.14. The third-order valence-electron chi connectivity index (χ3n) is 3.46. The molecule has 0 spiro atoms. The minimum Gasteiger partial charge on any atom is -0.373 e. The molecule has 17 heavy (non-hydrogen) atoms. The molecule has 0 saturated heterocycles. The van der Waals surface area contributed by atoms with Crippen molar-refractivity contribution < 1.29 is 9.26 Å². The minimum atomic E-state index is -0.106. The molecule has 1 aliphatic rings. The lowest BCUT2D eigenvalue weighted by Crippen LogP contribution is -2.23. The number of ether oxygens (including phenoxy) is 1. The Labute approximate surface area is 102 Å². The molecule has 0 aliphatic heterocycles. The van der Waals surface area contributed by atoms with Gasteiger partial charge in [-0.15, -0.1) is 0 Å². The largest absolute Gasteiger partial charge is 0.373 e. The van der Waals surface area contributed by atoms with Crippen molar-refractivity contribution in [2.45, 2.75) is 51.2 Å². The van der Waals surface area contributed by atoms with E-state index in [0.717, 1.165) is 19.3 Å². The summed E-state index contributed by atoms with van der Waals surface area (Å²) in [6.45, 7) is 4.15. The first-order valence-electron chi connectivity index (χ1n) is 6.25. The average Bonchev–Trinajstić information content (AvgIpc) is 2.87. The van der Waals surface area contributed by atoms with Gasteiger partial charge in [0.2, 0.25) is 11.7 Å². The van der Waals surface area contributed by atoms with Gasteiger partial charge in [0.15, 0.2) is 0 Å². The van der Waals surface area contributed by atoms with E-state index in [1.807, 2.05) is 0 Å². The Morgan fingerprint density at radius 1 is 1.41 bits per heavy atom. The summed E-state index contributed by atoms with van der Waals surface area (Å²) in [5.74, 6) is 1.85. The lowest BCUT2D eigenvalue weighted by molar-refractivity contribution is 0.0555. The summed E-state index contributed by atoms with van der Waals surface area (Å²) in [4.78, 5) is 4.45. The van der Waals surface area contributed by atoms with Crippen LogP contribution in [0.5, 0.6) is 0 Å². The molecule has 3 atom stereocenters. The average molecular weight is 239 g/mol. The lowest BCUT2D eigenvalue weighted by Gasteiger charge is -2.14. The van der Waals surface area contributed by atoms with Crippen LogP contribution in [0.25, 0.3) is 0 Å². The monoisotopic (exact) mass is 239 g/mol. The summed E-state index contributed by atoms with van der Waals surface area (Å²) >= 11 is 0. The maximum absolute atomic E-state index is 6.03. The maximum atomic E-state index is 6.03. The standard InChI is InChI=1S/C12H21N3O2/c1-7(2)10(16-3)11-14-12(17-15-11)8-5-4-6-9(8)13/h7-10H,4-6,13H2,1-3H3. The van der Waals surface area contributed by atoms with Crippen LogP contribution < -0.4 is 5.73 Å². The van der Waals surface area contributed by atoms with Gasteiger partial charge in [0.25, 0.3) is 0 Å². The van der Waals surface area contributed by atoms with E-state index < -0.39 is 0 Å². The summed E-state index contributed by atoms with van der Waals surface area (Å²) in [5.41, 5.74) is 6.03. The molecule has 1 aromatic heterocycles. The number of nitrogens with two attached hydrogens (primary N) is 1. The molecule has 96 valence electrons. The van der Waals surface area contributed by atoms with Gasteiger partial charge in [-0.2, -0.15) is 4.98 Å². The van der Waals surface area contributed by atoms with Crippen LogP contribution >= 0.6 is 0 Å². The topological polar surface area (TPSA) is 74.2 Å². The molecule has 5 nitrogen and oxygen atoms in total. The fourth-order valence-corrected chi connectivity index (χ4v) is 2.48. The van der Waals surface area contributed by atoms with Crippen molar-refractivity contribution in [2.75, 3.05) is 7.11 Å². The van der Waals surface area contributed by atoms with Crippen LogP contribution in [0.1, 0.15) is 56.8 Å². The van der Waals surface area contributed by atoms with Crippen LogP contribution in [0.2, 0.25) is 0 Å². The molecule has 1 fully saturated rings. The molecule has 5 heteroatoms. The van der Waals surface area contributed by atoms with Crippen LogP contribution in [0.15, 0.2) is 4.52 Å². The zero-order valence-electron chi connectivity index (χ0n) is 10.7. The van der Waals surface area contributed by atoms with Gasteiger partial charge in [-0.3, -0.25) is 0 Å². The molecule has 1 aliphatic carbocycles. The Kier molecular flexibility index (Phi) is 3.79. The van der Waals surface area contributed by atoms with E-state index in [0.29, 0.717) is 17.6 Å². The summed E-state index contributed by atoms with van der Waals surface area (Å²) < 4.78 is 10.7. The predicted octanol–water partition coefficient (Wildman–Crippen LogP) is 2.01. The molecular formula is C12H21N3O2. The quantitative estimate of drug-likeness (QED) is 0.870. The number of rotatable bonds is 4. The lowest BCUT2D eigenvalue weighted by atomic mass is 10.0. The fraction of sp³-hybridized carbons (Fsp3) is 0.833.